The third-order valence-corrected chi connectivity index (χ3v) is 12.8. The molecule has 256 valence electrons. The van der Waals surface area contributed by atoms with Crippen molar-refractivity contribution in [1.29, 1.82) is 0 Å². The summed E-state index contributed by atoms with van der Waals surface area (Å²) >= 11 is 0. The van der Waals surface area contributed by atoms with Crippen LogP contribution in [0.4, 0.5) is 0 Å². The van der Waals surface area contributed by atoms with Gasteiger partial charge in [-0.3, -0.25) is 0 Å². The van der Waals surface area contributed by atoms with E-state index in [1.165, 1.54) is 121 Å². The number of fused-ring (bicyclic) bond motifs is 12. The SMILES string of the molecule is CC1(C)c2ccccc2-c2c1cc(-c1c3ccccc3c(-c3ccc4c5c(cccc35)-c3ccccc3-c3ccccc3-4)c3ccccc13)c1ccccc21. The molecule has 0 nitrogen and oxygen atoms in total. The first-order valence-corrected chi connectivity index (χ1v) is 19.4. The molecular weight excluding hydrogens is 661 g/mol. The van der Waals surface area contributed by atoms with Crippen LogP contribution >= 0.6 is 0 Å². The van der Waals surface area contributed by atoms with E-state index in [4.69, 9.17) is 0 Å². The van der Waals surface area contributed by atoms with Crippen LogP contribution in [0.2, 0.25) is 0 Å². The smallest absolute Gasteiger partial charge is 0.0159 e. The van der Waals surface area contributed by atoms with E-state index >= 15 is 0 Å². The Morgan fingerprint density at radius 2 is 0.636 bits per heavy atom. The van der Waals surface area contributed by atoms with Crippen LogP contribution in [0.5, 0.6) is 0 Å². The van der Waals surface area contributed by atoms with E-state index in [1.54, 1.807) is 0 Å². The van der Waals surface area contributed by atoms with Crippen LogP contribution in [0.25, 0.3) is 110 Å². The van der Waals surface area contributed by atoms with Crippen LogP contribution in [0.3, 0.4) is 0 Å². The van der Waals surface area contributed by atoms with Crippen molar-refractivity contribution in [3.05, 3.63) is 193 Å². The fourth-order valence-corrected chi connectivity index (χ4v) is 10.4. The summed E-state index contributed by atoms with van der Waals surface area (Å²) in [5.41, 5.74) is 18.3. The Kier molecular flexibility index (Phi) is 6.21. The van der Waals surface area contributed by atoms with Crippen molar-refractivity contribution in [3.8, 4) is 66.8 Å². The zero-order chi connectivity index (χ0) is 36.4. The highest BCUT2D eigenvalue weighted by Gasteiger charge is 2.37. The van der Waals surface area contributed by atoms with Gasteiger partial charge in [-0.1, -0.05) is 190 Å². The molecule has 2 aliphatic carbocycles. The number of hydrogen-bond donors (Lipinski definition) is 0. The second-order valence-electron chi connectivity index (χ2n) is 15.9. The van der Waals surface area contributed by atoms with E-state index in [9.17, 15) is 0 Å². The van der Waals surface area contributed by atoms with Crippen LogP contribution in [0, 0.1) is 0 Å². The van der Waals surface area contributed by atoms with Gasteiger partial charge in [0.05, 0.1) is 0 Å². The monoisotopic (exact) mass is 696 g/mol. The summed E-state index contributed by atoms with van der Waals surface area (Å²) in [4.78, 5) is 0. The van der Waals surface area contributed by atoms with Crippen molar-refractivity contribution in [2.24, 2.45) is 0 Å². The predicted octanol–water partition coefficient (Wildman–Crippen LogP) is 15.3. The van der Waals surface area contributed by atoms with Gasteiger partial charge in [0.1, 0.15) is 0 Å². The lowest BCUT2D eigenvalue weighted by Crippen LogP contribution is -2.15. The Balaban J connectivity index is 1.20. The average Bonchev–Trinajstić information content (AvgIpc) is 3.39. The zero-order valence-corrected chi connectivity index (χ0v) is 30.8. The molecular formula is C55H36. The lowest BCUT2D eigenvalue weighted by Gasteiger charge is -2.24. The largest absolute Gasteiger partial charge is 0.0619 e. The Morgan fingerprint density at radius 1 is 0.255 bits per heavy atom. The van der Waals surface area contributed by atoms with Gasteiger partial charge in [0.15, 0.2) is 0 Å². The molecule has 0 bridgehead atoms. The maximum absolute atomic E-state index is 2.53. The Labute approximate surface area is 321 Å². The van der Waals surface area contributed by atoms with Crippen molar-refractivity contribution in [2.45, 2.75) is 19.3 Å². The van der Waals surface area contributed by atoms with Crippen LogP contribution in [0.15, 0.2) is 182 Å². The molecule has 0 saturated heterocycles. The van der Waals surface area contributed by atoms with Crippen LogP contribution in [-0.2, 0) is 5.41 Å². The van der Waals surface area contributed by atoms with Crippen molar-refractivity contribution in [3.63, 3.8) is 0 Å². The lowest BCUT2D eigenvalue weighted by molar-refractivity contribution is 0.661. The third-order valence-electron chi connectivity index (χ3n) is 12.8. The molecule has 0 N–H and O–H groups in total. The molecule has 0 amide bonds. The van der Waals surface area contributed by atoms with Gasteiger partial charge in [-0.05, 0) is 127 Å². The third kappa shape index (κ3) is 4.06. The minimum atomic E-state index is -0.116. The molecule has 0 atom stereocenters. The van der Waals surface area contributed by atoms with Crippen molar-refractivity contribution >= 4 is 43.1 Å². The second kappa shape index (κ2) is 11.1. The van der Waals surface area contributed by atoms with Gasteiger partial charge in [-0.25, -0.2) is 0 Å². The highest BCUT2D eigenvalue weighted by Crippen LogP contribution is 2.56. The molecule has 0 saturated carbocycles. The van der Waals surface area contributed by atoms with E-state index in [0.717, 1.165) is 0 Å². The van der Waals surface area contributed by atoms with Crippen LogP contribution in [0.1, 0.15) is 25.0 Å². The van der Waals surface area contributed by atoms with Gasteiger partial charge < -0.3 is 0 Å². The lowest BCUT2D eigenvalue weighted by atomic mass is 9.78. The van der Waals surface area contributed by atoms with E-state index in [2.05, 4.69) is 196 Å². The van der Waals surface area contributed by atoms with Gasteiger partial charge >= 0.3 is 0 Å². The van der Waals surface area contributed by atoms with Gasteiger partial charge in [-0.2, -0.15) is 0 Å². The molecule has 55 heavy (non-hydrogen) atoms. The first kappa shape index (κ1) is 30.7. The standard InChI is InChI=1S/C55H36/c1-55(2)49-29-14-13-26-47(49)54-39-21-8-7-20-37(39)48(32-50(54)55)53-42-24-11-9-22-40(42)52(41-23-10-12-25-43(41)53)46-31-30-45-36-19-6-4-17-34(36)33-16-3-5-18-35(33)38-27-15-28-44(46)51(38)45/h3-32H,1-2H3. The molecule has 12 rings (SSSR count). The van der Waals surface area contributed by atoms with E-state index in [0.29, 0.717) is 0 Å². The normalized spacial score (nSPS) is 13.4. The van der Waals surface area contributed by atoms with E-state index in [1.807, 2.05) is 0 Å². The van der Waals surface area contributed by atoms with Crippen molar-refractivity contribution < 1.29 is 0 Å². The number of rotatable bonds is 2. The fourth-order valence-electron chi connectivity index (χ4n) is 10.4. The number of benzene rings is 10. The van der Waals surface area contributed by atoms with Crippen molar-refractivity contribution in [2.75, 3.05) is 0 Å². The molecule has 10 aromatic carbocycles. The Bertz CT molecular complexity index is 3170. The first-order chi connectivity index (χ1) is 27.1. The molecule has 0 heterocycles. The van der Waals surface area contributed by atoms with Gasteiger partial charge in [0.2, 0.25) is 0 Å². The topological polar surface area (TPSA) is 0 Å². The fraction of sp³-hybridized carbons (Fsp3) is 0.0545. The summed E-state index contributed by atoms with van der Waals surface area (Å²) in [6.07, 6.45) is 0. The molecule has 0 unspecified atom stereocenters. The van der Waals surface area contributed by atoms with Crippen LogP contribution in [-0.4, -0.2) is 0 Å². The van der Waals surface area contributed by atoms with Crippen LogP contribution < -0.4 is 0 Å². The molecule has 0 aliphatic heterocycles. The molecule has 0 heteroatoms. The summed E-state index contributed by atoms with van der Waals surface area (Å²) in [5.74, 6) is 0. The predicted molar refractivity (Wildman–Crippen MR) is 235 cm³/mol. The summed E-state index contributed by atoms with van der Waals surface area (Å²) in [6.45, 7) is 4.79. The summed E-state index contributed by atoms with van der Waals surface area (Å²) < 4.78 is 0. The molecule has 0 fully saturated rings. The summed E-state index contributed by atoms with van der Waals surface area (Å²) in [7, 11) is 0. The zero-order valence-electron chi connectivity index (χ0n) is 30.8. The minimum Gasteiger partial charge on any atom is -0.0619 e. The molecule has 10 aromatic rings. The summed E-state index contributed by atoms with van der Waals surface area (Å²) in [5, 5.41) is 10.3. The second-order valence-corrected chi connectivity index (χ2v) is 15.9. The highest BCUT2D eigenvalue weighted by molar-refractivity contribution is 6.27. The molecule has 2 aliphatic rings. The molecule has 0 radical (unpaired) electrons. The molecule has 0 aromatic heterocycles. The minimum absolute atomic E-state index is 0.116. The Hall–Kier alpha value is -6.76. The summed E-state index contributed by atoms with van der Waals surface area (Å²) in [6, 6.07) is 68.4. The van der Waals surface area contributed by atoms with E-state index < -0.39 is 0 Å². The Morgan fingerprint density at radius 3 is 1.22 bits per heavy atom. The van der Waals surface area contributed by atoms with Gasteiger partial charge in [-0.15, -0.1) is 0 Å². The maximum Gasteiger partial charge on any atom is 0.0159 e. The van der Waals surface area contributed by atoms with Gasteiger partial charge in [0, 0.05) is 5.41 Å². The van der Waals surface area contributed by atoms with Crippen molar-refractivity contribution in [1.82, 2.24) is 0 Å². The maximum atomic E-state index is 2.53. The molecule has 0 spiro atoms. The van der Waals surface area contributed by atoms with Gasteiger partial charge in [0.25, 0.3) is 0 Å². The van der Waals surface area contributed by atoms with E-state index in [-0.39, 0.29) is 5.41 Å². The quantitative estimate of drug-likeness (QED) is 0.158. The average molecular weight is 697 g/mol. The highest BCUT2D eigenvalue weighted by atomic mass is 14.4. The first-order valence-electron chi connectivity index (χ1n) is 19.4. The number of hydrogen-bond acceptors (Lipinski definition) is 0.